The number of nitrogens with zero attached hydrogens (tertiary/aromatic N) is 2. The minimum atomic E-state index is 0.797. The zero-order chi connectivity index (χ0) is 14.7. The highest BCUT2D eigenvalue weighted by Crippen LogP contribution is 2.28. The molecular weight excluding hydrogens is 278 g/mol. The quantitative estimate of drug-likeness (QED) is 0.739. The Kier molecular flexibility index (Phi) is 4.15. The first-order chi connectivity index (χ1) is 10.3. The molecule has 2 heterocycles. The fourth-order valence-corrected chi connectivity index (χ4v) is 3.02. The first kappa shape index (κ1) is 14.0. The fourth-order valence-electron chi connectivity index (χ4n) is 2.25. The van der Waals surface area contributed by atoms with E-state index in [-0.39, 0.29) is 0 Å². The molecule has 1 N–H and O–H groups in total. The van der Waals surface area contributed by atoms with Crippen molar-refractivity contribution in [2.24, 2.45) is 0 Å². The van der Waals surface area contributed by atoms with Gasteiger partial charge in [-0.1, -0.05) is 38.1 Å². The number of thiophene rings is 1. The Hall–Kier alpha value is -1.94. The molecule has 3 rings (SSSR count). The minimum absolute atomic E-state index is 0.797. The zero-order valence-electron chi connectivity index (χ0n) is 12.4. The van der Waals surface area contributed by atoms with Gasteiger partial charge in [-0.05, 0) is 29.9 Å². The summed E-state index contributed by atoms with van der Waals surface area (Å²) in [5.41, 5.74) is 2.40. The van der Waals surface area contributed by atoms with Crippen molar-refractivity contribution in [3.05, 3.63) is 41.3 Å². The highest BCUT2D eigenvalue weighted by Gasteiger charge is 2.10. The predicted octanol–water partition coefficient (Wildman–Crippen LogP) is 4.74. The first-order valence-corrected chi connectivity index (χ1v) is 8.28. The molecule has 3 nitrogen and oxygen atoms in total. The summed E-state index contributed by atoms with van der Waals surface area (Å²) in [6.45, 7) is 5.25. The van der Waals surface area contributed by atoms with Crippen LogP contribution < -0.4 is 5.32 Å². The lowest BCUT2D eigenvalue weighted by atomic mass is 10.1. The van der Waals surface area contributed by atoms with Gasteiger partial charge in [0, 0.05) is 12.1 Å². The number of hydrogen-bond acceptors (Lipinski definition) is 4. The highest BCUT2D eigenvalue weighted by molar-refractivity contribution is 7.16. The van der Waals surface area contributed by atoms with E-state index in [0.717, 1.165) is 46.8 Å². The van der Waals surface area contributed by atoms with Crippen molar-refractivity contribution in [2.45, 2.75) is 26.7 Å². The second-order valence-corrected chi connectivity index (χ2v) is 5.91. The number of rotatable bonds is 5. The molecule has 0 saturated carbocycles. The zero-order valence-corrected chi connectivity index (χ0v) is 13.2. The molecule has 0 saturated heterocycles. The van der Waals surface area contributed by atoms with Gasteiger partial charge in [-0.15, -0.1) is 11.3 Å². The summed E-state index contributed by atoms with van der Waals surface area (Å²) in [5.74, 6) is 1.74. The third kappa shape index (κ3) is 2.90. The molecule has 4 heteroatoms. The largest absolute Gasteiger partial charge is 0.369 e. The Balaban J connectivity index is 2.04. The third-order valence-electron chi connectivity index (χ3n) is 3.49. The smallest absolute Gasteiger partial charge is 0.163 e. The van der Waals surface area contributed by atoms with Crippen molar-refractivity contribution >= 4 is 27.4 Å². The maximum atomic E-state index is 4.72. The lowest BCUT2D eigenvalue weighted by molar-refractivity contribution is 0.971. The van der Waals surface area contributed by atoms with Gasteiger partial charge in [0.25, 0.3) is 0 Å². The normalized spacial score (nSPS) is 11.0. The molecule has 0 radical (unpaired) electrons. The molecule has 0 bridgehead atoms. The van der Waals surface area contributed by atoms with E-state index in [1.165, 1.54) is 5.56 Å². The van der Waals surface area contributed by atoms with Gasteiger partial charge in [-0.25, -0.2) is 9.97 Å². The minimum Gasteiger partial charge on any atom is -0.369 e. The van der Waals surface area contributed by atoms with Crippen molar-refractivity contribution in [1.82, 2.24) is 9.97 Å². The Morgan fingerprint density at radius 3 is 2.57 bits per heavy atom. The topological polar surface area (TPSA) is 37.8 Å². The Labute approximate surface area is 129 Å². The van der Waals surface area contributed by atoms with Crippen LogP contribution in [0.5, 0.6) is 0 Å². The molecule has 0 spiro atoms. The van der Waals surface area contributed by atoms with Crippen molar-refractivity contribution in [3.63, 3.8) is 0 Å². The number of aromatic nitrogens is 2. The lowest BCUT2D eigenvalue weighted by Gasteiger charge is -2.08. The van der Waals surface area contributed by atoms with Crippen LogP contribution in [-0.4, -0.2) is 16.5 Å². The van der Waals surface area contributed by atoms with Crippen molar-refractivity contribution in [2.75, 3.05) is 11.9 Å². The van der Waals surface area contributed by atoms with Crippen LogP contribution in [0, 0.1) is 0 Å². The fraction of sp³-hybridized carbons (Fsp3) is 0.294. The van der Waals surface area contributed by atoms with Gasteiger partial charge in [-0.3, -0.25) is 0 Å². The van der Waals surface area contributed by atoms with Gasteiger partial charge in [-0.2, -0.15) is 0 Å². The van der Waals surface area contributed by atoms with Crippen molar-refractivity contribution in [1.29, 1.82) is 0 Å². The summed E-state index contributed by atoms with van der Waals surface area (Å²) in [6, 6.07) is 10.6. The Bertz CT molecular complexity index is 731. The Morgan fingerprint density at radius 2 is 1.86 bits per heavy atom. The van der Waals surface area contributed by atoms with Crippen molar-refractivity contribution in [3.8, 4) is 11.4 Å². The third-order valence-corrected chi connectivity index (χ3v) is 4.29. The molecule has 21 heavy (non-hydrogen) atoms. The first-order valence-electron chi connectivity index (χ1n) is 7.40. The van der Waals surface area contributed by atoms with Gasteiger partial charge in [0.15, 0.2) is 5.82 Å². The predicted molar refractivity (Wildman–Crippen MR) is 91.0 cm³/mol. The molecule has 0 aliphatic heterocycles. The summed E-state index contributed by atoms with van der Waals surface area (Å²) < 4.78 is 0. The van der Waals surface area contributed by atoms with E-state index in [9.17, 15) is 0 Å². The average molecular weight is 297 g/mol. The van der Waals surface area contributed by atoms with E-state index in [4.69, 9.17) is 9.97 Å². The van der Waals surface area contributed by atoms with Crippen LogP contribution in [-0.2, 0) is 6.42 Å². The molecular formula is C17H19N3S. The van der Waals surface area contributed by atoms with E-state index >= 15 is 0 Å². The number of benzene rings is 1. The molecule has 3 aromatic rings. The van der Waals surface area contributed by atoms with Crippen LogP contribution in [0.1, 0.15) is 25.8 Å². The number of anilines is 1. The average Bonchev–Trinajstić information content (AvgIpc) is 3.01. The summed E-state index contributed by atoms with van der Waals surface area (Å²) in [7, 11) is 0. The van der Waals surface area contributed by atoms with Crippen LogP contribution in [0.4, 0.5) is 5.82 Å². The second kappa shape index (κ2) is 6.22. The Morgan fingerprint density at radius 1 is 1.05 bits per heavy atom. The molecule has 0 unspecified atom stereocenters. The van der Waals surface area contributed by atoms with Crippen molar-refractivity contribution < 1.29 is 0 Å². The summed E-state index contributed by atoms with van der Waals surface area (Å²) in [5, 5.41) is 6.59. The molecule has 0 atom stereocenters. The van der Waals surface area contributed by atoms with Crippen LogP contribution in [0.25, 0.3) is 21.6 Å². The van der Waals surface area contributed by atoms with Crippen LogP contribution in [0.3, 0.4) is 0 Å². The summed E-state index contributed by atoms with van der Waals surface area (Å²) in [6.07, 6.45) is 2.13. The number of fused-ring (bicyclic) bond motifs is 1. The monoisotopic (exact) mass is 297 g/mol. The van der Waals surface area contributed by atoms with Crippen LogP contribution >= 0.6 is 11.3 Å². The maximum absolute atomic E-state index is 4.72. The maximum Gasteiger partial charge on any atom is 0.163 e. The van der Waals surface area contributed by atoms with Gasteiger partial charge < -0.3 is 5.32 Å². The molecule has 1 aromatic carbocycles. The number of hydrogen-bond donors (Lipinski definition) is 1. The SMILES string of the molecule is CCCNc1nc(-c2ccc(CC)cc2)nc2sccc12. The molecule has 0 aliphatic rings. The van der Waals surface area contributed by atoms with E-state index < -0.39 is 0 Å². The van der Waals surface area contributed by atoms with E-state index in [2.05, 4.69) is 54.9 Å². The van der Waals surface area contributed by atoms with E-state index in [1.54, 1.807) is 11.3 Å². The van der Waals surface area contributed by atoms with Crippen LogP contribution in [0.2, 0.25) is 0 Å². The molecule has 0 fully saturated rings. The number of aryl methyl sites for hydroxylation is 1. The second-order valence-electron chi connectivity index (χ2n) is 5.01. The summed E-state index contributed by atoms with van der Waals surface area (Å²) in [4.78, 5) is 10.5. The van der Waals surface area contributed by atoms with Gasteiger partial charge in [0.1, 0.15) is 10.6 Å². The highest BCUT2D eigenvalue weighted by atomic mass is 32.1. The standard InChI is InChI=1S/C17H19N3S/c1-3-10-18-16-14-9-11-21-17(14)20-15(19-16)13-7-5-12(4-2)6-8-13/h5-9,11H,3-4,10H2,1-2H3,(H,18,19,20). The van der Waals surface area contributed by atoms with Gasteiger partial charge in [0.2, 0.25) is 0 Å². The number of nitrogens with one attached hydrogen (secondary N) is 1. The van der Waals surface area contributed by atoms with Crippen LogP contribution in [0.15, 0.2) is 35.7 Å². The van der Waals surface area contributed by atoms with Gasteiger partial charge in [0.05, 0.1) is 5.39 Å². The molecule has 108 valence electrons. The molecule has 0 aliphatic carbocycles. The lowest BCUT2D eigenvalue weighted by Crippen LogP contribution is -2.04. The van der Waals surface area contributed by atoms with E-state index in [1.807, 2.05) is 0 Å². The molecule has 2 aromatic heterocycles. The molecule has 0 amide bonds. The van der Waals surface area contributed by atoms with Gasteiger partial charge >= 0.3 is 0 Å². The summed E-state index contributed by atoms with van der Waals surface area (Å²) >= 11 is 1.66. The van der Waals surface area contributed by atoms with E-state index in [0.29, 0.717) is 0 Å².